The van der Waals surface area contributed by atoms with E-state index < -0.39 is 6.03 Å². The Kier molecular flexibility index (Phi) is 6.73. The van der Waals surface area contributed by atoms with Crippen LogP contribution in [0.2, 0.25) is 0 Å². The molecule has 4 N–H and O–H groups in total. The molecule has 3 amide bonds. The van der Waals surface area contributed by atoms with Crippen LogP contribution in [0.5, 0.6) is 0 Å². The van der Waals surface area contributed by atoms with Crippen molar-refractivity contribution in [3.8, 4) is 0 Å². The van der Waals surface area contributed by atoms with E-state index in [0.29, 0.717) is 18.5 Å². The van der Waals surface area contributed by atoms with Crippen LogP contribution in [0.3, 0.4) is 0 Å². The van der Waals surface area contributed by atoms with Gasteiger partial charge in [-0.2, -0.15) is 0 Å². The Morgan fingerprint density at radius 3 is 2.17 bits per heavy atom. The molecule has 2 aromatic carbocycles. The molecule has 0 aliphatic carbocycles. The largest absolute Gasteiger partial charge is 0.337 e. The van der Waals surface area contributed by atoms with Gasteiger partial charge in [0.2, 0.25) is 5.91 Å². The summed E-state index contributed by atoms with van der Waals surface area (Å²) in [6, 6.07) is 18.2. The number of nitrogens with one attached hydrogen (secondary N) is 4. The maximum Gasteiger partial charge on any atom is 0.337 e. The van der Waals surface area contributed by atoms with Crippen molar-refractivity contribution in [1.82, 2.24) is 16.2 Å². The Hall–Kier alpha value is -2.93. The lowest BCUT2D eigenvalue weighted by atomic mass is 10.1. The average molecular weight is 342 g/mol. The molecule has 0 saturated carbocycles. The fourth-order valence-corrected chi connectivity index (χ4v) is 2.09. The fourth-order valence-electron chi connectivity index (χ4n) is 1.92. The van der Waals surface area contributed by atoms with Gasteiger partial charge in [0.25, 0.3) is 0 Å². The van der Waals surface area contributed by atoms with Gasteiger partial charge in [0.15, 0.2) is 5.11 Å². The summed E-state index contributed by atoms with van der Waals surface area (Å²) in [6.45, 7) is 0. The van der Waals surface area contributed by atoms with Crippen molar-refractivity contribution < 1.29 is 9.59 Å². The summed E-state index contributed by atoms with van der Waals surface area (Å²) in [6.07, 6.45) is 0.930. The van der Waals surface area contributed by atoms with Crippen LogP contribution in [0.15, 0.2) is 60.7 Å². The zero-order valence-corrected chi connectivity index (χ0v) is 13.7. The SMILES string of the molecule is O=C(CCc1ccccc1)NC(=S)NNC(=O)Nc1ccccc1. The molecule has 0 aliphatic rings. The summed E-state index contributed by atoms with van der Waals surface area (Å²) in [7, 11) is 0. The zero-order chi connectivity index (χ0) is 17.2. The number of carbonyl (C=O) groups is 2. The second-order valence-electron chi connectivity index (χ2n) is 4.93. The number of hydrogen-bond acceptors (Lipinski definition) is 3. The topological polar surface area (TPSA) is 82.3 Å². The third kappa shape index (κ3) is 6.45. The summed E-state index contributed by atoms with van der Waals surface area (Å²) in [5.41, 5.74) is 6.55. The van der Waals surface area contributed by atoms with E-state index in [1.807, 2.05) is 36.4 Å². The number of para-hydroxylation sites is 1. The van der Waals surface area contributed by atoms with Gasteiger partial charge in [-0.25, -0.2) is 10.2 Å². The first-order valence-corrected chi connectivity index (χ1v) is 7.80. The van der Waals surface area contributed by atoms with E-state index in [2.05, 4.69) is 21.5 Å². The monoisotopic (exact) mass is 342 g/mol. The summed E-state index contributed by atoms with van der Waals surface area (Å²) < 4.78 is 0. The molecule has 0 aromatic heterocycles. The molecule has 24 heavy (non-hydrogen) atoms. The van der Waals surface area contributed by atoms with Crippen LogP contribution in [0.4, 0.5) is 10.5 Å². The van der Waals surface area contributed by atoms with Gasteiger partial charge in [0, 0.05) is 12.1 Å². The molecule has 7 heteroatoms. The summed E-state index contributed by atoms with van der Waals surface area (Å²) in [5, 5.41) is 5.16. The number of amides is 3. The highest BCUT2D eigenvalue weighted by atomic mass is 32.1. The second-order valence-corrected chi connectivity index (χ2v) is 5.34. The minimum atomic E-state index is -0.484. The quantitative estimate of drug-likeness (QED) is 0.508. The van der Waals surface area contributed by atoms with Gasteiger partial charge in [-0.3, -0.25) is 10.2 Å². The Labute approximate surface area is 145 Å². The van der Waals surface area contributed by atoms with Crippen molar-refractivity contribution in [2.45, 2.75) is 12.8 Å². The first kappa shape index (κ1) is 17.4. The number of rotatable bonds is 4. The van der Waals surface area contributed by atoms with E-state index in [0.717, 1.165) is 5.56 Å². The number of thiocarbonyl (C=S) groups is 1. The molecule has 2 aromatic rings. The maximum atomic E-state index is 11.8. The molecule has 0 atom stereocenters. The second kappa shape index (κ2) is 9.26. The van der Waals surface area contributed by atoms with E-state index in [4.69, 9.17) is 12.2 Å². The molecule has 0 bridgehead atoms. The van der Waals surface area contributed by atoms with Crippen LogP contribution in [0, 0.1) is 0 Å². The van der Waals surface area contributed by atoms with Crippen LogP contribution >= 0.6 is 12.2 Å². The average Bonchev–Trinajstić information content (AvgIpc) is 2.60. The normalized spacial score (nSPS) is 9.67. The lowest BCUT2D eigenvalue weighted by Gasteiger charge is -2.11. The van der Waals surface area contributed by atoms with Crippen molar-refractivity contribution in [3.63, 3.8) is 0 Å². The molecule has 0 radical (unpaired) electrons. The van der Waals surface area contributed by atoms with Gasteiger partial charge >= 0.3 is 6.03 Å². The zero-order valence-electron chi connectivity index (χ0n) is 12.9. The number of aryl methyl sites for hydroxylation is 1. The maximum absolute atomic E-state index is 11.8. The molecular formula is C17H18N4O2S. The molecule has 0 heterocycles. The van der Waals surface area contributed by atoms with E-state index in [-0.39, 0.29) is 11.0 Å². The number of hydrogen-bond donors (Lipinski definition) is 4. The number of carbonyl (C=O) groups excluding carboxylic acids is 2. The van der Waals surface area contributed by atoms with Gasteiger partial charge in [0.1, 0.15) is 0 Å². The lowest BCUT2D eigenvalue weighted by molar-refractivity contribution is -0.119. The molecule has 124 valence electrons. The van der Waals surface area contributed by atoms with Crippen LogP contribution in [0.25, 0.3) is 0 Å². The highest BCUT2D eigenvalue weighted by Crippen LogP contribution is 2.04. The number of urea groups is 1. The molecule has 0 fully saturated rings. The van der Waals surface area contributed by atoms with Crippen molar-refractivity contribution in [2.24, 2.45) is 0 Å². The Bertz CT molecular complexity index is 692. The highest BCUT2D eigenvalue weighted by molar-refractivity contribution is 7.80. The Morgan fingerprint density at radius 2 is 1.50 bits per heavy atom. The van der Waals surface area contributed by atoms with E-state index in [1.165, 1.54) is 0 Å². The number of anilines is 1. The van der Waals surface area contributed by atoms with Crippen LogP contribution in [-0.4, -0.2) is 17.1 Å². The molecule has 2 rings (SSSR count). The van der Waals surface area contributed by atoms with Gasteiger partial charge in [-0.05, 0) is 36.3 Å². The van der Waals surface area contributed by atoms with E-state index in [9.17, 15) is 9.59 Å². The first-order chi connectivity index (χ1) is 11.6. The number of hydrazine groups is 1. The molecule has 6 nitrogen and oxygen atoms in total. The van der Waals surface area contributed by atoms with Crippen LogP contribution in [-0.2, 0) is 11.2 Å². The summed E-state index contributed by atoms with van der Waals surface area (Å²) >= 11 is 4.96. The van der Waals surface area contributed by atoms with Crippen LogP contribution in [0.1, 0.15) is 12.0 Å². The molecule has 0 saturated heterocycles. The van der Waals surface area contributed by atoms with Crippen molar-refractivity contribution in [3.05, 3.63) is 66.2 Å². The predicted octanol–water partition coefficient (Wildman–Crippen LogP) is 2.35. The van der Waals surface area contributed by atoms with Gasteiger partial charge in [-0.1, -0.05) is 48.5 Å². The van der Waals surface area contributed by atoms with E-state index >= 15 is 0 Å². The summed E-state index contributed by atoms with van der Waals surface area (Å²) in [4.78, 5) is 23.5. The fraction of sp³-hybridized carbons (Fsp3) is 0.118. The van der Waals surface area contributed by atoms with Crippen molar-refractivity contribution in [2.75, 3.05) is 5.32 Å². The summed E-state index contributed by atoms with van der Waals surface area (Å²) in [5.74, 6) is -0.221. The number of benzene rings is 2. The minimum absolute atomic E-state index is 0.0382. The van der Waals surface area contributed by atoms with Gasteiger partial charge in [0.05, 0.1) is 0 Å². The third-order valence-electron chi connectivity index (χ3n) is 3.06. The minimum Gasteiger partial charge on any atom is -0.307 e. The first-order valence-electron chi connectivity index (χ1n) is 7.39. The third-order valence-corrected chi connectivity index (χ3v) is 3.26. The smallest absolute Gasteiger partial charge is 0.307 e. The molecule has 0 spiro atoms. The molecule has 0 aliphatic heterocycles. The standard InChI is InChI=1S/C17H18N4O2S/c22-15(12-11-13-7-3-1-4-8-13)19-17(24)21-20-16(23)18-14-9-5-2-6-10-14/h1-10H,11-12H2,(H2,18,20,23)(H2,19,21,22,24). The predicted molar refractivity (Wildman–Crippen MR) is 97.2 cm³/mol. The molecule has 0 unspecified atom stereocenters. The Balaban J connectivity index is 1.65. The van der Waals surface area contributed by atoms with Crippen molar-refractivity contribution in [1.29, 1.82) is 0 Å². The van der Waals surface area contributed by atoms with E-state index in [1.54, 1.807) is 24.3 Å². The Morgan fingerprint density at radius 1 is 0.875 bits per heavy atom. The highest BCUT2D eigenvalue weighted by Gasteiger charge is 2.06. The lowest BCUT2D eigenvalue weighted by Crippen LogP contribution is -2.49. The van der Waals surface area contributed by atoms with Crippen LogP contribution < -0.4 is 21.5 Å². The molecular weight excluding hydrogens is 324 g/mol. The van der Waals surface area contributed by atoms with Crippen molar-refractivity contribution >= 4 is 35.0 Å². The van der Waals surface area contributed by atoms with Gasteiger partial charge in [-0.15, -0.1) is 0 Å². The van der Waals surface area contributed by atoms with Gasteiger partial charge < -0.3 is 10.6 Å².